The third-order valence-corrected chi connectivity index (χ3v) is 3.97. The molecule has 1 unspecified atom stereocenters. The van der Waals surface area contributed by atoms with E-state index in [-0.39, 0.29) is 6.61 Å². The van der Waals surface area contributed by atoms with Gasteiger partial charge < -0.3 is 9.84 Å². The molecule has 1 aliphatic carbocycles. The van der Waals surface area contributed by atoms with E-state index < -0.39 is 12.1 Å². The van der Waals surface area contributed by atoms with E-state index in [0.29, 0.717) is 5.56 Å². The SMILES string of the molecule is CCOC(=O)C(O)c1cc(Br)c2c(c1)CCCC2. The second-order valence-electron chi connectivity index (χ2n) is 4.50. The van der Waals surface area contributed by atoms with E-state index in [2.05, 4.69) is 15.9 Å². The summed E-state index contributed by atoms with van der Waals surface area (Å²) in [7, 11) is 0. The normalized spacial score (nSPS) is 15.9. The predicted octanol–water partition coefficient (Wildman–Crippen LogP) is 2.92. The number of rotatable bonds is 3. The Morgan fingerprint density at radius 3 is 2.89 bits per heavy atom. The van der Waals surface area contributed by atoms with E-state index in [0.717, 1.165) is 17.3 Å². The minimum atomic E-state index is -1.19. The molecular weight excluding hydrogens is 296 g/mol. The summed E-state index contributed by atoms with van der Waals surface area (Å²) in [6.07, 6.45) is 3.25. The second-order valence-corrected chi connectivity index (χ2v) is 5.36. The van der Waals surface area contributed by atoms with Crippen molar-refractivity contribution in [2.75, 3.05) is 6.61 Å². The topological polar surface area (TPSA) is 46.5 Å². The van der Waals surface area contributed by atoms with E-state index in [1.807, 2.05) is 12.1 Å². The van der Waals surface area contributed by atoms with Crippen LogP contribution in [0.4, 0.5) is 0 Å². The summed E-state index contributed by atoms with van der Waals surface area (Å²) in [4.78, 5) is 11.5. The molecule has 0 spiro atoms. The second kappa shape index (κ2) is 5.85. The van der Waals surface area contributed by atoms with Crippen LogP contribution in [0.3, 0.4) is 0 Å². The Bertz CT molecular complexity index is 457. The van der Waals surface area contributed by atoms with Crippen LogP contribution in [-0.4, -0.2) is 17.7 Å². The van der Waals surface area contributed by atoms with Gasteiger partial charge in [-0.15, -0.1) is 0 Å². The largest absolute Gasteiger partial charge is 0.464 e. The summed E-state index contributed by atoms with van der Waals surface area (Å²) in [6.45, 7) is 2.01. The predicted molar refractivity (Wildman–Crippen MR) is 72.4 cm³/mol. The molecule has 0 radical (unpaired) electrons. The van der Waals surface area contributed by atoms with E-state index in [9.17, 15) is 9.90 Å². The Morgan fingerprint density at radius 1 is 1.44 bits per heavy atom. The highest BCUT2D eigenvalue weighted by Crippen LogP contribution is 2.31. The van der Waals surface area contributed by atoms with Crippen molar-refractivity contribution in [3.8, 4) is 0 Å². The van der Waals surface area contributed by atoms with E-state index in [4.69, 9.17) is 4.74 Å². The number of fused-ring (bicyclic) bond motifs is 1. The quantitative estimate of drug-likeness (QED) is 0.873. The van der Waals surface area contributed by atoms with Crippen molar-refractivity contribution in [2.24, 2.45) is 0 Å². The number of hydrogen-bond acceptors (Lipinski definition) is 3. The third kappa shape index (κ3) is 2.75. The van der Waals surface area contributed by atoms with Crippen molar-refractivity contribution in [3.05, 3.63) is 33.3 Å². The summed E-state index contributed by atoms with van der Waals surface area (Å²) in [6, 6.07) is 3.76. The zero-order valence-corrected chi connectivity index (χ0v) is 12.0. The minimum absolute atomic E-state index is 0.280. The number of carbonyl (C=O) groups excluding carboxylic acids is 1. The molecule has 0 bridgehead atoms. The maximum absolute atomic E-state index is 11.5. The Morgan fingerprint density at radius 2 is 2.17 bits per heavy atom. The zero-order chi connectivity index (χ0) is 13.1. The Balaban J connectivity index is 2.29. The number of halogens is 1. The highest BCUT2D eigenvalue weighted by Gasteiger charge is 2.22. The van der Waals surface area contributed by atoms with Crippen molar-refractivity contribution < 1.29 is 14.6 Å². The lowest BCUT2D eigenvalue weighted by molar-refractivity contribution is -0.153. The molecule has 0 fully saturated rings. The number of aryl methyl sites for hydroxylation is 1. The molecule has 1 aliphatic rings. The molecule has 1 N–H and O–H groups in total. The summed E-state index contributed by atoms with van der Waals surface area (Å²) >= 11 is 3.53. The Kier molecular flexibility index (Phi) is 4.40. The molecule has 1 atom stereocenters. The standard InChI is InChI=1S/C14H17BrO3/c1-2-18-14(17)13(16)10-7-9-5-3-4-6-11(9)12(15)8-10/h7-8,13,16H,2-6H2,1H3. The highest BCUT2D eigenvalue weighted by molar-refractivity contribution is 9.10. The Hall–Kier alpha value is -0.870. The van der Waals surface area contributed by atoms with Crippen molar-refractivity contribution >= 4 is 21.9 Å². The molecule has 98 valence electrons. The molecular formula is C14H17BrO3. The lowest BCUT2D eigenvalue weighted by Crippen LogP contribution is -2.16. The number of benzene rings is 1. The fourth-order valence-electron chi connectivity index (χ4n) is 2.35. The van der Waals surface area contributed by atoms with Gasteiger partial charge in [0.2, 0.25) is 0 Å². The fourth-order valence-corrected chi connectivity index (χ4v) is 3.07. The van der Waals surface area contributed by atoms with Crippen molar-refractivity contribution in [1.29, 1.82) is 0 Å². The maximum Gasteiger partial charge on any atom is 0.339 e. The molecule has 0 aliphatic heterocycles. The van der Waals surface area contributed by atoms with Gasteiger partial charge in [-0.3, -0.25) is 0 Å². The average molecular weight is 313 g/mol. The lowest BCUT2D eigenvalue weighted by Gasteiger charge is -2.20. The average Bonchev–Trinajstić information content (AvgIpc) is 2.38. The molecule has 4 heteroatoms. The van der Waals surface area contributed by atoms with Crippen LogP contribution < -0.4 is 0 Å². The first kappa shape index (κ1) is 13.6. The van der Waals surface area contributed by atoms with E-state index in [1.165, 1.54) is 24.0 Å². The first-order valence-electron chi connectivity index (χ1n) is 6.29. The molecule has 2 rings (SSSR count). The molecule has 0 aromatic heterocycles. The van der Waals surface area contributed by atoms with Crippen LogP contribution in [-0.2, 0) is 22.4 Å². The van der Waals surface area contributed by atoms with Gasteiger partial charge in [0.1, 0.15) is 0 Å². The summed E-state index contributed by atoms with van der Waals surface area (Å²) in [5.41, 5.74) is 3.15. The summed E-state index contributed by atoms with van der Waals surface area (Å²) in [5, 5.41) is 9.95. The van der Waals surface area contributed by atoms with Crippen LogP contribution in [0.5, 0.6) is 0 Å². The van der Waals surface area contributed by atoms with E-state index in [1.54, 1.807) is 6.92 Å². The van der Waals surface area contributed by atoms with Gasteiger partial charge in [-0.1, -0.05) is 22.0 Å². The number of esters is 1. The molecule has 0 saturated heterocycles. The number of hydrogen-bond donors (Lipinski definition) is 1. The van der Waals surface area contributed by atoms with Gasteiger partial charge in [0, 0.05) is 4.47 Å². The number of aliphatic hydroxyl groups excluding tert-OH is 1. The van der Waals surface area contributed by atoms with Crippen molar-refractivity contribution in [2.45, 2.75) is 38.7 Å². The highest BCUT2D eigenvalue weighted by atomic mass is 79.9. The van der Waals surface area contributed by atoms with E-state index >= 15 is 0 Å². The van der Waals surface area contributed by atoms with Crippen LogP contribution in [0.2, 0.25) is 0 Å². The minimum Gasteiger partial charge on any atom is -0.464 e. The van der Waals surface area contributed by atoms with Gasteiger partial charge in [0.05, 0.1) is 6.61 Å². The van der Waals surface area contributed by atoms with Crippen LogP contribution in [0.15, 0.2) is 16.6 Å². The molecule has 0 amide bonds. The maximum atomic E-state index is 11.5. The zero-order valence-electron chi connectivity index (χ0n) is 10.4. The van der Waals surface area contributed by atoms with Crippen LogP contribution >= 0.6 is 15.9 Å². The number of aliphatic hydroxyl groups is 1. The van der Waals surface area contributed by atoms with Crippen LogP contribution in [0.25, 0.3) is 0 Å². The van der Waals surface area contributed by atoms with Crippen LogP contribution in [0.1, 0.15) is 42.6 Å². The molecule has 1 aromatic carbocycles. The van der Waals surface area contributed by atoms with Gasteiger partial charge in [-0.2, -0.15) is 0 Å². The first-order chi connectivity index (χ1) is 8.63. The monoisotopic (exact) mass is 312 g/mol. The van der Waals surface area contributed by atoms with Gasteiger partial charge in [-0.25, -0.2) is 4.79 Å². The third-order valence-electron chi connectivity index (χ3n) is 3.26. The van der Waals surface area contributed by atoms with Gasteiger partial charge in [-0.05, 0) is 55.4 Å². The van der Waals surface area contributed by atoms with Crippen molar-refractivity contribution in [3.63, 3.8) is 0 Å². The number of carbonyl (C=O) groups is 1. The van der Waals surface area contributed by atoms with Crippen molar-refractivity contribution in [1.82, 2.24) is 0 Å². The lowest BCUT2D eigenvalue weighted by atomic mass is 9.89. The Labute approximate surface area is 115 Å². The smallest absolute Gasteiger partial charge is 0.339 e. The molecule has 1 aromatic rings. The van der Waals surface area contributed by atoms with Gasteiger partial charge in [0.15, 0.2) is 6.10 Å². The first-order valence-corrected chi connectivity index (χ1v) is 7.08. The van der Waals surface area contributed by atoms with Crippen LogP contribution in [0, 0.1) is 0 Å². The number of ether oxygens (including phenoxy) is 1. The molecule has 0 heterocycles. The molecule has 0 saturated carbocycles. The van der Waals surface area contributed by atoms with Gasteiger partial charge in [0.25, 0.3) is 0 Å². The van der Waals surface area contributed by atoms with Gasteiger partial charge >= 0.3 is 5.97 Å². The summed E-state index contributed by atoms with van der Waals surface area (Å²) < 4.78 is 5.82. The molecule has 18 heavy (non-hydrogen) atoms. The summed E-state index contributed by atoms with van der Waals surface area (Å²) in [5.74, 6) is -0.583. The molecule has 3 nitrogen and oxygen atoms in total. The fraction of sp³-hybridized carbons (Fsp3) is 0.500.